The molecule has 0 N–H and O–H groups in total. The molecular formula is C24H27N3O5. The van der Waals surface area contributed by atoms with Crippen molar-refractivity contribution in [3.8, 4) is 5.75 Å². The lowest BCUT2D eigenvalue weighted by atomic mass is 9.52. The van der Waals surface area contributed by atoms with Crippen LogP contribution in [0.25, 0.3) is 0 Å². The first-order valence-corrected chi connectivity index (χ1v) is 11.4. The number of ether oxygens (including phenoxy) is 2. The van der Waals surface area contributed by atoms with Crippen LogP contribution in [0.15, 0.2) is 29.4 Å². The summed E-state index contributed by atoms with van der Waals surface area (Å²) in [6, 6.07) is 6.78. The van der Waals surface area contributed by atoms with Gasteiger partial charge in [-0.15, -0.1) is 0 Å². The van der Waals surface area contributed by atoms with Gasteiger partial charge < -0.3 is 9.47 Å². The maximum Gasteiger partial charge on any atom is 0.344 e. The number of carbonyl (C=O) groups is 3. The summed E-state index contributed by atoms with van der Waals surface area (Å²) in [5.74, 6) is -0.448. The van der Waals surface area contributed by atoms with Gasteiger partial charge in [0, 0.05) is 12.3 Å². The molecule has 2 unspecified atom stereocenters. The van der Waals surface area contributed by atoms with Crippen molar-refractivity contribution < 1.29 is 23.9 Å². The second kappa shape index (κ2) is 6.56. The molecule has 4 saturated carbocycles. The molecule has 6 aliphatic rings. The zero-order valence-corrected chi connectivity index (χ0v) is 18.3. The van der Waals surface area contributed by atoms with Gasteiger partial charge in [-0.3, -0.25) is 14.6 Å². The van der Waals surface area contributed by atoms with Crippen LogP contribution in [0.5, 0.6) is 5.75 Å². The second-order valence-corrected chi connectivity index (χ2v) is 10.1. The van der Waals surface area contributed by atoms with Gasteiger partial charge in [-0.2, -0.15) is 5.10 Å². The average Bonchev–Trinajstić information content (AvgIpc) is 3.28. The van der Waals surface area contributed by atoms with E-state index in [1.54, 1.807) is 29.3 Å². The number of anilines is 1. The molecule has 2 heterocycles. The molecule has 8 heteroatoms. The summed E-state index contributed by atoms with van der Waals surface area (Å²) in [5.41, 5.74) is -1.77. The molecular weight excluding hydrogens is 410 g/mol. The minimum absolute atomic E-state index is 0.380. The molecule has 0 aromatic heterocycles. The average molecular weight is 437 g/mol. The molecule has 2 aliphatic heterocycles. The van der Waals surface area contributed by atoms with Gasteiger partial charge >= 0.3 is 5.97 Å². The number of nitrogens with zero attached hydrogens (tertiary/aromatic N) is 3. The molecule has 7 rings (SSSR count). The van der Waals surface area contributed by atoms with E-state index in [-0.39, 0.29) is 5.54 Å². The first-order chi connectivity index (χ1) is 15.4. The van der Waals surface area contributed by atoms with E-state index in [9.17, 15) is 14.4 Å². The van der Waals surface area contributed by atoms with Crippen molar-refractivity contribution in [3.05, 3.63) is 24.3 Å². The van der Waals surface area contributed by atoms with E-state index in [2.05, 4.69) is 5.10 Å². The van der Waals surface area contributed by atoms with Crippen LogP contribution in [0, 0.1) is 23.7 Å². The summed E-state index contributed by atoms with van der Waals surface area (Å²) in [6.07, 6.45) is 7.86. The quantitative estimate of drug-likeness (QED) is 0.408. The molecule has 1 aromatic rings. The van der Waals surface area contributed by atoms with Gasteiger partial charge in [-0.25, -0.2) is 9.69 Å². The van der Waals surface area contributed by atoms with Crippen LogP contribution in [-0.2, 0) is 19.1 Å². The van der Waals surface area contributed by atoms with Crippen LogP contribution in [0.2, 0.25) is 0 Å². The van der Waals surface area contributed by atoms with Crippen molar-refractivity contribution in [1.82, 2.24) is 5.01 Å². The van der Waals surface area contributed by atoms with E-state index < -0.39 is 29.2 Å². The van der Waals surface area contributed by atoms with Crippen molar-refractivity contribution >= 4 is 29.7 Å². The number of hydrogen-bond acceptors (Lipinski definition) is 7. The smallest absolute Gasteiger partial charge is 0.344 e. The standard InChI is InChI=1S/C24H27N3O5/c1-31-18-5-3-4-17(9-18)26-20(28)19-13-25-27(24(19,21(26)29)22(30)32-2)23-10-14-6-15(11-23)8-16(7-14)12-23/h3-5,9,13-16,19H,6-8,10-12H2,1-2H3. The van der Waals surface area contributed by atoms with Crippen LogP contribution >= 0.6 is 0 Å². The highest BCUT2D eigenvalue weighted by molar-refractivity contribution is 6.36. The van der Waals surface area contributed by atoms with Gasteiger partial charge in [0.25, 0.3) is 11.4 Å². The highest BCUT2D eigenvalue weighted by Crippen LogP contribution is 2.61. The van der Waals surface area contributed by atoms with Crippen molar-refractivity contribution in [3.63, 3.8) is 0 Å². The lowest BCUT2D eigenvalue weighted by Gasteiger charge is -2.61. The van der Waals surface area contributed by atoms with Gasteiger partial charge in [0.2, 0.25) is 5.91 Å². The Morgan fingerprint density at radius 3 is 2.31 bits per heavy atom. The van der Waals surface area contributed by atoms with E-state index >= 15 is 0 Å². The minimum Gasteiger partial charge on any atom is -0.497 e. The van der Waals surface area contributed by atoms with Crippen molar-refractivity contribution in [2.75, 3.05) is 19.1 Å². The molecule has 0 radical (unpaired) electrons. The van der Waals surface area contributed by atoms with E-state index in [0.29, 0.717) is 29.2 Å². The van der Waals surface area contributed by atoms with Crippen molar-refractivity contribution in [2.45, 2.75) is 49.6 Å². The monoisotopic (exact) mass is 437 g/mol. The first kappa shape index (κ1) is 19.8. The molecule has 168 valence electrons. The molecule has 2 amide bonds. The predicted octanol–water partition coefficient (Wildman–Crippen LogP) is 2.37. The number of rotatable bonds is 4. The molecule has 4 aliphatic carbocycles. The molecule has 8 nitrogen and oxygen atoms in total. The summed E-state index contributed by atoms with van der Waals surface area (Å²) < 4.78 is 10.5. The predicted molar refractivity (Wildman–Crippen MR) is 115 cm³/mol. The lowest BCUT2D eigenvalue weighted by Crippen LogP contribution is -2.69. The fourth-order valence-corrected chi connectivity index (χ4v) is 7.61. The Balaban J connectivity index is 1.47. The zero-order chi connectivity index (χ0) is 22.3. The third-order valence-electron chi connectivity index (χ3n) is 8.39. The SMILES string of the molecule is COC(=O)C12C(=O)N(c3cccc(OC)c3)C(=O)C1C=NN2C12CC3CC(CC(C3)C1)C2. The fourth-order valence-electron chi connectivity index (χ4n) is 7.61. The van der Waals surface area contributed by atoms with Crippen LogP contribution in [-0.4, -0.2) is 54.3 Å². The topological polar surface area (TPSA) is 88.5 Å². The molecule has 5 fully saturated rings. The Labute approximate surface area is 186 Å². The van der Waals surface area contributed by atoms with Gasteiger partial charge in [0.1, 0.15) is 11.7 Å². The third kappa shape index (κ3) is 2.33. The fraction of sp³-hybridized carbons (Fsp3) is 0.583. The van der Waals surface area contributed by atoms with Crippen LogP contribution < -0.4 is 9.64 Å². The molecule has 32 heavy (non-hydrogen) atoms. The number of amides is 2. The Morgan fingerprint density at radius 2 is 1.72 bits per heavy atom. The minimum atomic E-state index is -1.78. The normalized spacial score (nSPS) is 39.1. The van der Waals surface area contributed by atoms with Gasteiger partial charge in [-0.1, -0.05) is 6.07 Å². The number of carbonyl (C=O) groups excluding carboxylic acids is 3. The van der Waals surface area contributed by atoms with E-state index in [1.165, 1.54) is 39.7 Å². The van der Waals surface area contributed by atoms with E-state index in [0.717, 1.165) is 24.2 Å². The molecule has 2 atom stereocenters. The van der Waals surface area contributed by atoms with Crippen molar-refractivity contribution in [2.24, 2.45) is 28.8 Å². The molecule has 0 spiro atoms. The van der Waals surface area contributed by atoms with Gasteiger partial charge in [0.15, 0.2) is 0 Å². The summed E-state index contributed by atoms with van der Waals surface area (Å²) in [5, 5.41) is 6.35. The summed E-state index contributed by atoms with van der Waals surface area (Å²) >= 11 is 0. The summed E-state index contributed by atoms with van der Waals surface area (Å²) in [4.78, 5) is 42.1. The Kier molecular flexibility index (Phi) is 4.05. The van der Waals surface area contributed by atoms with Gasteiger partial charge in [-0.05, 0) is 68.4 Å². The first-order valence-electron chi connectivity index (χ1n) is 11.4. The third-order valence-corrected chi connectivity index (χ3v) is 8.39. The van der Waals surface area contributed by atoms with E-state index in [4.69, 9.17) is 9.47 Å². The Hall–Kier alpha value is -2.90. The maximum atomic E-state index is 14.1. The highest BCUT2D eigenvalue weighted by atomic mass is 16.5. The zero-order valence-electron chi connectivity index (χ0n) is 18.3. The maximum absolute atomic E-state index is 14.1. The second-order valence-electron chi connectivity index (χ2n) is 10.1. The van der Waals surface area contributed by atoms with E-state index in [1.807, 2.05) is 0 Å². The summed E-state index contributed by atoms with van der Waals surface area (Å²) in [7, 11) is 2.80. The highest BCUT2D eigenvalue weighted by Gasteiger charge is 2.74. The summed E-state index contributed by atoms with van der Waals surface area (Å²) in [6.45, 7) is 0. The lowest BCUT2D eigenvalue weighted by molar-refractivity contribution is -0.177. The van der Waals surface area contributed by atoms with Crippen LogP contribution in [0.1, 0.15) is 38.5 Å². The number of hydrazone groups is 1. The molecule has 1 aromatic carbocycles. The van der Waals surface area contributed by atoms with Gasteiger partial charge in [0.05, 0.1) is 25.4 Å². The molecule has 1 saturated heterocycles. The Morgan fingerprint density at radius 1 is 1.06 bits per heavy atom. The largest absolute Gasteiger partial charge is 0.497 e. The number of imide groups is 1. The number of hydrogen-bond donors (Lipinski definition) is 0. The van der Waals surface area contributed by atoms with Crippen LogP contribution in [0.3, 0.4) is 0 Å². The number of methoxy groups -OCH3 is 2. The Bertz CT molecular complexity index is 1020. The number of esters is 1. The number of fused-ring (bicyclic) bond motifs is 1. The van der Waals surface area contributed by atoms with Crippen LogP contribution in [0.4, 0.5) is 5.69 Å². The molecule has 4 bridgehead atoms. The number of benzene rings is 1. The van der Waals surface area contributed by atoms with Crippen molar-refractivity contribution in [1.29, 1.82) is 0 Å².